The fourth-order valence-corrected chi connectivity index (χ4v) is 3.45. The van der Waals surface area contributed by atoms with Gasteiger partial charge in [0.15, 0.2) is 0 Å². The summed E-state index contributed by atoms with van der Waals surface area (Å²) in [5, 5.41) is -0.914. The van der Waals surface area contributed by atoms with E-state index in [4.69, 9.17) is 5.53 Å². The van der Waals surface area contributed by atoms with Gasteiger partial charge in [0.1, 0.15) is 0 Å². The number of nitrogens with zero attached hydrogens (tertiary/aromatic N) is 2. The number of hydrogen-bond acceptors (Lipinski definition) is 3. The first-order valence-corrected chi connectivity index (χ1v) is 8.48. The van der Waals surface area contributed by atoms with Crippen LogP contribution in [-0.4, -0.2) is 24.0 Å². The zero-order chi connectivity index (χ0) is 16.3. The number of rotatable bonds is 3. The van der Waals surface area contributed by atoms with Gasteiger partial charge >= 0.3 is 5.04 Å². The molecule has 0 aliphatic carbocycles. The number of carbonyl (C=O) groups is 1. The lowest BCUT2D eigenvalue weighted by molar-refractivity contribution is -0.00159. The smallest absolute Gasteiger partial charge is 0.360 e. The summed E-state index contributed by atoms with van der Waals surface area (Å²) in [4.78, 5) is 15.0. The Balaban J connectivity index is 2.53. The van der Waals surface area contributed by atoms with Crippen molar-refractivity contribution in [1.29, 1.82) is 0 Å². The lowest BCUT2D eigenvalue weighted by Crippen LogP contribution is -2.26. The van der Waals surface area contributed by atoms with Crippen molar-refractivity contribution in [3.05, 3.63) is 69.7 Å². The molecule has 0 atom stereocenters. The number of sulfone groups is 1. The maximum Gasteiger partial charge on any atom is 0.456 e. The van der Waals surface area contributed by atoms with E-state index in [0.29, 0.717) is 4.47 Å². The molecule has 2 aromatic rings. The normalized spacial score (nSPS) is 10.8. The average Bonchev–Trinajstić information content (AvgIpc) is 2.48. The Morgan fingerprint density at radius 1 is 1.09 bits per heavy atom. The second kappa shape index (κ2) is 6.36. The Bertz CT molecular complexity index is 883. The van der Waals surface area contributed by atoms with Gasteiger partial charge in [-0.2, -0.15) is 0 Å². The van der Waals surface area contributed by atoms with Crippen molar-refractivity contribution < 1.29 is 18.0 Å². The minimum atomic E-state index is -4.20. The summed E-state index contributed by atoms with van der Waals surface area (Å²) in [6.45, 7) is 1.81. The number of carbonyl (C=O) groups excluding carboxylic acids is 1. The highest BCUT2D eigenvalue weighted by Gasteiger charge is 2.38. The highest BCUT2D eigenvalue weighted by molar-refractivity contribution is 9.10. The first kappa shape index (κ1) is 16.3. The highest BCUT2D eigenvalue weighted by Crippen LogP contribution is 2.20. The molecule has 0 aliphatic heterocycles. The van der Waals surface area contributed by atoms with Crippen LogP contribution in [0.5, 0.6) is 0 Å². The number of aryl methyl sites for hydroxylation is 1. The summed E-state index contributed by atoms with van der Waals surface area (Å²) >= 11 is 3.17. The van der Waals surface area contributed by atoms with Gasteiger partial charge in [-0.25, -0.2) is 8.42 Å². The van der Waals surface area contributed by atoms with Crippen LogP contribution in [0.1, 0.15) is 15.9 Å². The van der Waals surface area contributed by atoms with E-state index in [1.54, 1.807) is 30.3 Å². The zero-order valence-electron chi connectivity index (χ0n) is 11.5. The van der Waals surface area contributed by atoms with E-state index in [0.717, 1.165) is 5.56 Å². The molecule has 0 saturated heterocycles. The van der Waals surface area contributed by atoms with E-state index in [1.165, 1.54) is 18.2 Å². The number of halogens is 1. The van der Waals surface area contributed by atoms with Gasteiger partial charge in [-0.15, -0.1) is 4.79 Å². The zero-order valence-corrected chi connectivity index (χ0v) is 13.9. The molecule has 22 heavy (non-hydrogen) atoms. The molecule has 2 rings (SSSR count). The SMILES string of the molecule is Cc1ccc(S(=O)(=O)C(=[N+]=[N-])C(=O)c2ccccc2Br)cc1. The molecule has 0 fully saturated rings. The molecule has 0 heterocycles. The first-order valence-electron chi connectivity index (χ1n) is 6.21. The molecule has 112 valence electrons. The van der Waals surface area contributed by atoms with Gasteiger partial charge in [0.05, 0.1) is 4.90 Å². The highest BCUT2D eigenvalue weighted by atomic mass is 79.9. The Kier molecular flexibility index (Phi) is 4.71. The van der Waals surface area contributed by atoms with Gasteiger partial charge in [-0.1, -0.05) is 45.8 Å². The van der Waals surface area contributed by atoms with Crippen molar-refractivity contribution in [3.8, 4) is 0 Å². The number of ketones is 1. The Hall–Kier alpha value is -2.08. The molecule has 0 radical (unpaired) electrons. The average molecular weight is 379 g/mol. The van der Waals surface area contributed by atoms with Crippen LogP contribution in [-0.2, 0) is 9.84 Å². The van der Waals surface area contributed by atoms with Crippen LogP contribution in [0.2, 0.25) is 0 Å². The molecular weight excluding hydrogens is 368 g/mol. The summed E-state index contributed by atoms with van der Waals surface area (Å²) < 4.78 is 25.4. The van der Waals surface area contributed by atoms with E-state index in [-0.39, 0.29) is 10.5 Å². The van der Waals surface area contributed by atoms with Crippen molar-refractivity contribution in [2.45, 2.75) is 11.8 Å². The third kappa shape index (κ3) is 3.06. The van der Waals surface area contributed by atoms with Crippen molar-refractivity contribution in [3.63, 3.8) is 0 Å². The van der Waals surface area contributed by atoms with Crippen LogP contribution < -0.4 is 0 Å². The molecule has 0 aromatic heterocycles. The summed E-state index contributed by atoms with van der Waals surface area (Å²) in [6.07, 6.45) is 0. The molecule has 0 aliphatic rings. The first-order chi connectivity index (χ1) is 10.4. The molecule has 0 saturated carbocycles. The Morgan fingerprint density at radius 2 is 1.68 bits per heavy atom. The third-order valence-electron chi connectivity index (χ3n) is 2.99. The third-order valence-corrected chi connectivity index (χ3v) is 5.35. The standard InChI is InChI=1S/C15H11BrN2O3S/c1-10-6-8-11(9-7-10)22(20,21)15(18-17)14(19)12-4-2-3-5-13(12)16/h2-9H,1H3. The predicted molar refractivity (Wildman–Crippen MR) is 85.5 cm³/mol. The second-order valence-corrected chi connectivity index (χ2v) is 7.25. The quantitative estimate of drug-likeness (QED) is 0.270. The van der Waals surface area contributed by atoms with Gasteiger partial charge in [0.2, 0.25) is 0 Å². The molecule has 0 unspecified atom stereocenters. The summed E-state index contributed by atoms with van der Waals surface area (Å²) in [7, 11) is -4.20. The van der Waals surface area contributed by atoms with Crippen molar-refractivity contribution in [1.82, 2.24) is 0 Å². The largest absolute Gasteiger partial charge is 0.456 e. The van der Waals surface area contributed by atoms with E-state index < -0.39 is 20.7 Å². The predicted octanol–water partition coefficient (Wildman–Crippen LogP) is 3.04. The van der Waals surface area contributed by atoms with Crippen LogP contribution in [0.3, 0.4) is 0 Å². The van der Waals surface area contributed by atoms with Gasteiger partial charge in [0, 0.05) is 10.0 Å². The second-order valence-electron chi connectivity index (χ2n) is 4.53. The number of benzene rings is 2. The minimum Gasteiger partial charge on any atom is -0.360 e. The summed E-state index contributed by atoms with van der Waals surface area (Å²) in [5.74, 6) is -0.879. The van der Waals surface area contributed by atoms with Crippen molar-refractivity contribution >= 4 is 36.6 Å². The lowest BCUT2D eigenvalue weighted by atomic mass is 10.1. The number of Topliss-reactive ketones (excluding diaryl/α,β-unsaturated/α-hetero) is 1. The van der Waals surface area contributed by atoms with Crippen LogP contribution in [0, 0.1) is 6.92 Å². The maximum absolute atomic E-state index is 12.5. The fraction of sp³-hybridized carbons (Fsp3) is 0.0667. The molecule has 0 bridgehead atoms. The number of hydrogen-bond donors (Lipinski definition) is 0. The topological polar surface area (TPSA) is 87.6 Å². The fourth-order valence-electron chi connectivity index (χ4n) is 1.81. The van der Waals surface area contributed by atoms with Gasteiger partial charge in [-0.3, -0.25) is 4.79 Å². The van der Waals surface area contributed by atoms with Gasteiger partial charge in [-0.05, 0) is 31.2 Å². The van der Waals surface area contributed by atoms with E-state index >= 15 is 0 Å². The lowest BCUT2D eigenvalue weighted by Gasteiger charge is -2.02. The van der Waals surface area contributed by atoms with E-state index in [2.05, 4.69) is 20.7 Å². The van der Waals surface area contributed by atoms with Crippen molar-refractivity contribution in [2.24, 2.45) is 0 Å². The Labute approximate surface area is 136 Å². The van der Waals surface area contributed by atoms with Crippen LogP contribution in [0.25, 0.3) is 5.53 Å². The van der Waals surface area contributed by atoms with Crippen LogP contribution in [0.4, 0.5) is 0 Å². The molecule has 0 amide bonds. The van der Waals surface area contributed by atoms with E-state index in [9.17, 15) is 13.2 Å². The maximum atomic E-state index is 12.5. The van der Waals surface area contributed by atoms with Gasteiger partial charge < -0.3 is 5.53 Å². The molecule has 5 nitrogen and oxygen atoms in total. The van der Waals surface area contributed by atoms with E-state index in [1.807, 2.05) is 6.92 Å². The van der Waals surface area contributed by atoms with Crippen molar-refractivity contribution in [2.75, 3.05) is 0 Å². The molecule has 0 spiro atoms. The molecular formula is C15H11BrN2O3S. The minimum absolute atomic E-state index is 0.103. The molecule has 7 heteroatoms. The summed E-state index contributed by atoms with van der Waals surface area (Å²) in [5.41, 5.74) is 10.0. The molecule has 0 N–H and O–H groups in total. The molecule has 2 aromatic carbocycles. The summed E-state index contributed by atoms with van der Waals surface area (Å²) in [6, 6.07) is 12.3. The van der Waals surface area contributed by atoms with Gasteiger partial charge in [0.25, 0.3) is 15.6 Å². The van der Waals surface area contributed by atoms with Crippen LogP contribution in [0.15, 0.2) is 57.9 Å². The van der Waals surface area contributed by atoms with Crippen LogP contribution >= 0.6 is 15.9 Å². The Morgan fingerprint density at radius 3 is 2.23 bits per heavy atom. The monoisotopic (exact) mass is 378 g/mol.